The molecule has 2 aromatic carbocycles. The minimum absolute atomic E-state index is 0.130. The Morgan fingerprint density at radius 1 is 1.17 bits per heavy atom. The molecule has 0 aliphatic heterocycles. The summed E-state index contributed by atoms with van der Waals surface area (Å²) in [6.07, 6.45) is 1.67. The number of halogens is 1. The van der Waals surface area contributed by atoms with Crippen LogP contribution >= 0.6 is 11.3 Å². The first-order valence-electron chi connectivity index (χ1n) is 9.73. The summed E-state index contributed by atoms with van der Waals surface area (Å²) in [5, 5.41) is 0. The van der Waals surface area contributed by atoms with Gasteiger partial charge in [-0.2, -0.15) is 4.99 Å². The van der Waals surface area contributed by atoms with Gasteiger partial charge in [0.05, 0.1) is 15.1 Å². The summed E-state index contributed by atoms with van der Waals surface area (Å²) in [7, 11) is -2.05. The van der Waals surface area contributed by atoms with Crippen LogP contribution in [0.4, 0.5) is 4.39 Å². The number of carbonyl (C=O) groups is 1. The molecule has 0 saturated carbocycles. The van der Waals surface area contributed by atoms with Gasteiger partial charge in [0.2, 0.25) is 10.0 Å². The molecule has 0 N–H and O–H groups in total. The first kappa shape index (κ1) is 22.3. The Kier molecular flexibility index (Phi) is 6.84. The first-order valence-corrected chi connectivity index (χ1v) is 12.0. The van der Waals surface area contributed by atoms with Gasteiger partial charge in [0, 0.05) is 25.7 Å². The van der Waals surface area contributed by atoms with E-state index in [1.54, 1.807) is 23.7 Å². The maximum absolute atomic E-state index is 14.2. The zero-order valence-electron chi connectivity index (χ0n) is 17.1. The van der Waals surface area contributed by atoms with Crippen LogP contribution in [-0.4, -0.2) is 36.8 Å². The number of hydrogen-bond acceptors (Lipinski definition) is 4. The molecule has 3 rings (SSSR count). The molecule has 0 unspecified atom stereocenters. The van der Waals surface area contributed by atoms with Crippen molar-refractivity contribution in [2.75, 3.05) is 13.6 Å². The number of rotatable bonds is 7. The summed E-state index contributed by atoms with van der Waals surface area (Å²) in [5.74, 6) is -0.867. The number of para-hydroxylation sites is 1. The van der Waals surface area contributed by atoms with Gasteiger partial charge < -0.3 is 4.57 Å². The number of thiazole rings is 1. The predicted molar refractivity (Wildman–Crippen MR) is 117 cm³/mol. The van der Waals surface area contributed by atoms with Crippen molar-refractivity contribution in [1.82, 2.24) is 8.87 Å². The van der Waals surface area contributed by atoms with Gasteiger partial charge in [0.25, 0.3) is 5.91 Å². The van der Waals surface area contributed by atoms with Crippen LogP contribution in [0, 0.1) is 5.82 Å². The Hall–Kier alpha value is -2.36. The maximum atomic E-state index is 14.2. The zero-order valence-corrected chi connectivity index (χ0v) is 18.8. The van der Waals surface area contributed by atoms with E-state index in [0.29, 0.717) is 28.1 Å². The number of unbranched alkanes of at least 4 members (excludes halogenated alkanes) is 1. The highest BCUT2D eigenvalue weighted by Gasteiger charge is 2.20. The van der Waals surface area contributed by atoms with Crippen LogP contribution in [0.5, 0.6) is 0 Å². The summed E-state index contributed by atoms with van der Waals surface area (Å²) in [6.45, 7) is 4.76. The molecule has 0 fully saturated rings. The fourth-order valence-electron chi connectivity index (χ4n) is 3.07. The maximum Gasteiger partial charge on any atom is 0.279 e. The number of amides is 1. The van der Waals surface area contributed by atoms with E-state index < -0.39 is 15.9 Å². The molecular weight excluding hydrogens is 425 g/mol. The van der Waals surface area contributed by atoms with Crippen LogP contribution in [0.25, 0.3) is 10.2 Å². The number of carbonyl (C=O) groups excluding carboxylic acids is 1. The standard InChI is InChI=1S/C21H24FN3O3S2/c1-4-6-14-24(3)30(27,28)16-12-10-15(11-13-16)20(26)23-21-25(5-2)19-17(22)8-7-9-18(19)29-21/h7-13H,4-6,14H2,1-3H3. The number of sulfonamides is 1. The van der Waals surface area contributed by atoms with Gasteiger partial charge in [0.15, 0.2) is 4.80 Å². The second-order valence-corrected chi connectivity index (χ2v) is 9.89. The van der Waals surface area contributed by atoms with E-state index >= 15 is 0 Å². The fourth-order valence-corrected chi connectivity index (χ4v) is 5.38. The Bertz CT molecular complexity index is 1230. The third kappa shape index (κ3) is 4.38. The van der Waals surface area contributed by atoms with Crippen molar-refractivity contribution in [2.45, 2.75) is 38.1 Å². The quantitative estimate of drug-likeness (QED) is 0.547. The van der Waals surface area contributed by atoms with Gasteiger partial charge in [-0.15, -0.1) is 0 Å². The summed E-state index contributed by atoms with van der Waals surface area (Å²) >= 11 is 1.24. The monoisotopic (exact) mass is 449 g/mol. The molecule has 0 bridgehead atoms. The topological polar surface area (TPSA) is 71.7 Å². The molecule has 160 valence electrons. The highest BCUT2D eigenvalue weighted by Crippen LogP contribution is 2.21. The normalized spacial score (nSPS) is 12.8. The Morgan fingerprint density at radius 2 is 1.87 bits per heavy atom. The minimum Gasteiger partial charge on any atom is -0.314 e. The average molecular weight is 450 g/mol. The van der Waals surface area contributed by atoms with Gasteiger partial charge in [0.1, 0.15) is 5.82 Å². The molecule has 1 amide bonds. The van der Waals surface area contributed by atoms with Crippen molar-refractivity contribution in [2.24, 2.45) is 4.99 Å². The van der Waals surface area contributed by atoms with E-state index in [0.717, 1.165) is 12.8 Å². The molecule has 0 aliphatic rings. The first-order chi connectivity index (χ1) is 14.3. The number of nitrogens with zero attached hydrogens (tertiary/aromatic N) is 3. The van der Waals surface area contributed by atoms with Crippen molar-refractivity contribution in [3.63, 3.8) is 0 Å². The van der Waals surface area contributed by atoms with Crippen LogP contribution in [0.2, 0.25) is 0 Å². The van der Waals surface area contributed by atoms with Crippen molar-refractivity contribution in [1.29, 1.82) is 0 Å². The average Bonchev–Trinajstić information content (AvgIpc) is 3.10. The number of aromatic nitrogens is 1. The zero-order chi connectivity index (χ0) is 21.9. The van der Waals surface area contributed by atoms with Crippen LogP contribution < -0.4 is 4.80 Å². The molecule has 9 heteroatoms. The second-order valence-electron chi connectivity index (χ2n) is 6.84. The molecule has 0 atom stereocenters. The molecule has 0 saturated heterocycles. The second kappa shape index (κ2) is 9.20. The molecule has 0 aliphatic carbocycles. The number of hydrogen-bond donors (Lipinski definition) is 0. The molecule has 30 heavy (non-hydrogen) atoms. The molecule has 1 aromatic heterocycles. The lowest BCUT2D eigenvalue weighted by Gasteiger charge is -2.16. The summed E-state index contributed by atoms with van der Waals surface area (Å²) in [6, 6.07) is 10.5. The van der Waals surface area contributed by atoms with E-state index in [4.69, 9.17) is 0 Å². The van der Waals surface area contributed by atoms with Crippen LogP contribution in [0.1, 0.15) is 37.0 Å². The lowest BCUT2D eigenvalue weighted by Crippen LogP contribution is -2.27. The van der Waals surface area contributed by atoms with Crippen molar-refractivity contribution >= 4 is 37.5 Å². The van der Waals surface area contributed by atoms with E-state index in [1.807, 2.05) is 13.8 Å². The van der Waals surface area contributed by atoms with Crippen molar-refractivity contribution < 1.29 is 17.6 Å². The van der Waals surface area contributed by atoms with Gasteiger partial charge >= 0.3 is 0 Å². The highest BCUT2D eigenvalue weighted by molar-refractivity contribution is 7.89. The van der Waals surface area contributed by atoms with E-state index in [2.05, 4.69) is 4.99 Å². The van der Waals surface area contributed by atoms with E-state index in [9.17, 15) is 17.6 Å². The summed E-state index contributed by atoms with van der Waals surface area (Å²) < 4.78 is 43.1. The fraction of sp³-hybridized carbons (Fsp3) is 0.333. The van der Waals surface area contributed by atoms with Crippen LogP contribution in [0.3, 0.4) is 0 Å². The third-order valence-electron chi connectivity index (χ3n) is 4.80. The summed E-state index contributed by atoms with van der Waals surface area (Å²) in [5.41, 5.74) is 0.693. The minimum atomic E-state index is -3.60. The van der Waals surface area contributed by atoms with Crippen molar-refractivity contribution in [3.05, 3.63) is 58.6 Å². The van der Waals surface area contributed by atoms with Gasteiger partial charge in [-0.05, 0) is 49.7 Å². The number of aryl methyl sites for hydroxylation is 1. The van der Waals surface area contributed by atoms with Crippen LogP contribution in [0.15, 0.2) is 52.4 Å². The van der Waals surface area contributed by atoms with Gasteiger partial charge in [-0.1, -0.05) is 30.7 Å². The van der Waals surface area contributed by atoms with Crippen molar-refractivity contribution in [3.8, 4) is 0 Å². The summed E-state index contributed by atoms with van der Waals surface area (Å²) in [4.78, 5) is 17.3. The molecular formula is C21H24FN3O3S2. The Labute approximate surface area is 179 Å². The SMILES string of the molecule is CCCCN(C)S(=O)(=O)c1ccc(C(=O)N=c2sc3cccc(F)c3n2CC)cc1. The lowest BCUT2D eigenvalue weighted by atomic mass is 10.2. The molecule has 0 spiro atoms. The molecule has 3 aromatic rings. The lowest BCUT2D eigenvalue weighted by molar-refractivity contribution is 0.0997. The highest BCUT2D eigenvalue weighted by atomic mass is 32.2. The number of fused-ring (bicyclic) bond motifs is 1. The molecule has 1 heterocycles. The van der Waals surface area contributed by atoms with Gasteiger partial charge in [-0.25, -0.2) is 17.1 Å². The molecule has 0 radical (unpaired) electrons. The smallest absolute Gasteiger partial charge is 0.279 e. The largest absolute Gasteiger partial charge is 0.314 e. The van der Waals surface area contributed by atoms with E-state index in [1.165, 1.54) is 46.0 Å². The third-order valence-corrected chi connectivity index (χ3v) is 7.72. The number of benzene rings is 2. The Morgan fingerprint density at radius 3 is 2.50 bits per heavy atom. The van der Waals surface area contributed by atoms with Crippen LogP contribution in [-0.2, 0) is 16.6 Å². The van der Waals surface area contributed by atoms with Gasteiger partial charge in [-0.3, -0.25) is 4.79 Å². The molecule has 6 nitrogen and oxygen atoms in total. The van der Waals surface area contributed by atoms with E-state index in [-0.39, 0.29) is 16.3 Å². The Balaban J connectivity index is 1.92. The predicted octanol–water partition coefficient (Wildman–Crippen LogP) is 4.02.